The maximum absolute atomic E-state index is 5.92. The highest BCUT2D eigenvalue weighted by Crippen LogP contribution is 2.26. The molecular weight excluding hydrogens is 338 g/mol. The number of aromatic nitrogens is 1. The maximum atomic E-state index is 5.92. The van der Waals surface area contributed by atoms with E-state index in [1.165, 1.54) is 38.9 Å². The van der Waals surface area contributed by atoms with Crippen molar-refractivity contribution >= 4 is 33.2 Å². The van der Waals surface area contributed by atoms with E-state index in [1.54, 1.807) is 6.20 Å². The number of hydrogen-bond donors (Lipinski definition) is 1. The first-order valence-electron chi connectivity index (χ1n) is 7.40. The molecule has 0 spiro atoms. The zero-order valence-electron chi connectivity index (χ0n) is 12.2. The van der Waals surface area contributed by atoms with Crippen LogP contribution < -0.4 is 5.32 Å². The Morgan fingerprint density at radius 3 is 2.80 bits per heavy atom. The summed E-state index contributed by atoms with van der Waals surface area (Å²) in [5.41, 5.74) is 1.03. The third kappa shape index (κ3) is 4.34. The number of halogens is 2. The molecule has 1 aromatic heterocycles. The van der Waals surface area contributed by atoms with Gasteiger partial charge >= 0.3 is 0 Å². The Morgan fingerprint density at radius 1 is 1.50 bits per heavy atom. The fourth-order valence-electron chi connectivity index (χ4n) is 2.87. The van der Waals surface area contributed by atoms with Crippen LogP contribution in [0.25, 0.3) is 0 Å². The Kier molecular flexibility index (Phi) is 6.12. The van der Waals surface area contributed by atoms with Crippen molar-refractivity contribution in [2.24, 2.45) is 5.92 Å². The molecule has 1 aromatic rings. The average molecular weight is 361 g/mol. The second-order valence-electron chi connectivity index (χ2n) is 5.61. The van der Waals surface area contributed by atoms with Crippen LogP contribution in [0.3, 0.4) is 0 Å². The molecule has 1 fully saturated rings. The van der Waals surface area contributed by atoms with E-state index >= 15 is 0 Å². The summed E-state index contributed by atoms with van der Waals surface area (Å²) in [6, 6.07) is 2.46. The van der Waals surface area contributed by atoms with Gasteiger partial charge < -0.3 is 10.2 Å². The summed E-state index contributed by atoms with van der Waals surface area (Å²) in [5, 5.41) is 4.07. The van der Waals surface area contributed by atoms with Crippen molar-refractivity contribution in [3.05, 3.63) is 21.9 Å². The largest absolute Gasteiger partial charge is 0.381 e. The quantitative estimate of drug-likeness (QED) is 0.788. The van der Waals surface area contributed by atoms with Gasteiger partial charge in [0, 0.05) is 6.04 Å². The molecule has 0 amide bonds. The summed E-state index contributed by atoms with van der Waals surface area (Å²) >= 11 is 9.34. The number of pyridine rings is 1. The molecule has 112 valence electrons. The molecule has 3 nitrogen and oxygen atoms in total. The summed E-state index contributed by atoms with van der Waals surface area (Å²) in [5.74, 6) is 0.734. The van der Waals surface area contributed by atoms with Crippen molar-refractivity contribution in [1.29, 1.82) is 0 Å². The highest BCUT2D eigenvalue weighted by atomic mass is 79.9. The Morgan fingerprint density at radius 2 is 2.20 bits per heavy atom. The zero-order valence-corrected chi connectivity index (χ0v) is 14.5. The van der Waals surface area contributed by atoms with E-state index in [1.807, 2.05) is 6.07 Å². The van der Waals surface area contributed by atoms with Gasteiger partial charge in [-0.1, -0.05) is 18.5 Å². The maximum Gasteiger partial charge on any atom is 0.143 e. The molecule has 2 rings (SSSR count). The SMILES string of the molecule is CCCN1CCC(C(C)Nc2cnc(Cl)c(Br)c2)CC1. The summed E-state index contributed by atoms with van der Waals surface area (Å²) in [7, 11) is 0. The molecule has 1 aliphatic rings. The molecule has 0 bridgehead atoms. The Labute approximate surface area is 135 Å². The van der Waals surface area contributed by atoms with Gasteiger partial charge in [-0.3, -0.25) is 0 Å². The van der Waals surface area contributed by atoms with Crippen LogP contribution in [-0.2, 0) is 0 Å². The molecule has 5 heteroatoms. The van der Waals surface area contributed by atoms with Crippen molar-refractivity contribution in [3.8, 4) is 0 Å². The minimum atomic E-state index is 0.466. The third-order valence-electron chi connectivity index (χ3n) is 4.07. The van der Waals surface area contributed by atoms with Crippen LogP contribution in [0.4, 0.5) is 5.69 Å². The number of piperidine rings is 1. The first-order valence-corrected chi connectivity index (χ1v) is 8.57. The fourth-order valence-corrected chi connectivity index (χ4v) is 3.33. The minimum Gasteiger partial charge on any atom is -0.381 e. The second-order valence-corrected chi connectivity index (χ2v) is 6.82. The summed E-state index contributed by atoms with van der Waals surface area (Å²) < 4.78 is 0.842. The molecule has 0 aromatic carbocycles. The van der Waals surface area contributed by atoms with Crippen LogP contribution in [0.5, 0.6) is 0 Å². The highest BCUT2D eigenvalue weighted by molar-refractivity contribution is 9.10. The third-order valence-corrected chi connectivity index (χ3v) is 5.20. The van der Waals surface area contributed by atoms with Crippen molar-refractivity contribution < 1.29 is 0 Å². The van der Waals surface area contributed by atoms with Gasteiger partial charge in [0.05, 0.1) is 16.4 Å². The van der Waals surface area contributed by atoms with E-state index in [-0.39, 0.29) is 0 Å². The number of hydrogen-bond acceptors (Lipinski definition) is 3. The summed E-state index contributed by atoms with van der Waals surface area (Å²) in [6.45, 7) is 8.22. The van der Waals surface area contributed by atoms with Crippen LogP contribution in [0, 0.1) is 5.92 Å². The van der Waals surface area contributed by atoms with Gasteiger partial charge in [0.15, 0.2) is 0 Å². The van der Waals surface area contributed by atoms with Gasteiger partial charge in [-0.05, 0) is 73.7 Å². The van der Waals surface area contributed by atoms with Gasteiger partial charge in [0.2, 0.25) is 0 Å². The van der Waals surface area contributed by atoms with Crippen LogP contribution in [0.15, 0.2) is 16.7 Å². The molecule has 2 heterocycles. The first-order chi connectivity index (χ1) is 9.60. The van der Waals surface area contributed by atoms with Gasteiger partial charge in [-0.2, -0.15) is 0 Å². The van der Waals surface area contributed by atoms with Crippen LogP contribution in [0.2, 0.25) is 5.15 Å². The van der Waals surface area contributed by atoms with Crippen molar-refractivity contribution in [3.63, 3.8) is 0 Å². The lowest BCUT2D eigenvalue weighted by molar-refractivity contribution is 0.176. The number of rotatable bonds is 5. The lowest BCUT2D eigenvalue weighted by Gasteiger charge is -2.35. The second kappa shape index (κ2) is 7.62. The normalized spacial score (nSPS) is 19.0. The van der Waals surface area contributed by atoms with Gasteiger partial charge in [0.25, 0.3) is 0 Å². The topological polar surface area (TPSA) is 28.2 Å². The minimum absolute atomic E-state index is 0.466. The lowest BCUT2D eigenvalue weighted by atomic mass is 9.90. The lowest BCUT2D eigenvalue weighted by Crippen LogP contribution is -2.39. The number of likely N-dealkylation sites (tertiary alicyclic amines) is 1. The van der Waals surface area contributed by atoms with E-state index in [2.05, 4.69) is 45.0 Å². The van der Waals surface area contributed by atoms with Crippen molar-refractivity contribution in [1.82, 2.24) is 9.88 Å². The predicted molar refractivity (Wildman–Crippen MR) is 89.5 cm³/mol. The molecule has 1 unspecified atom stereocenters. The van der Waals surface area contributed by atoms with Gasteiger partial charge in [0.1, 0.15) is 5.15 Å². The standard InChI is InChI=1S/C15H23BrClN3/c1-3-6-20-7-4-12(5-8-20)11(2)19-13-9-14(16)15(17)18-10-13/h9-12,19H,3-8H2,1-2H3. The monoisotopic (exact) mass is 359 g/mol. The molecule has 0 radical (unpaired) electrons. The number of nitrogens with zero attached hydrogens (tertiary/aromatic N) is 2. The predicted octanol–water partition coefficient (Wildman–Crippen LogP) is 4.42. The molecule has 1 aliphatic heterocycles. The average Bonchev–Trinajstić information content (AvgIpc) is 2.44. The van der Waals surface area contributed by atoms with Crippen LogP contribution in [-0.4, -0.2) is 35.6 Å². The first kappa shape index (κ1) is 16.1. The molecule has 1 N–H and O–H groups in total. The summed E-state index contributed by atoms with van der Waals surface area (Å²) in [4.78, 5) is 6.73. The van der Waals surface area contributed by atoms with Gasteiger partial charge in [-0.15, -0.1) is 0 Å². The molecule has 1 atom stereocenters. The Balaban J connectivity index is 1.86. The Bertz CT molecular complexity index is 433. The number of anilines is 1. The molecular formula is C15H23BrClN3. The molecule has 0 saturated carbocycles. The van der Waals surface area contributed by atoms with E-state index in [4.69, 9.17) is 11.6 Å². The van der Waals surface area contributed by atoms with E-state index < -0.39 is 0 Å². The Hall–Kier alpha value is -0.320. The fraction of sp³-hybridized carbons (Fsp3) is 0.667. The van der Waals surface area contributed by atoms with Crippen molar-refractivity contribution in [2.45, 2.75) is 39.2 Å². The van der Waals surface area contributed by atoms with Crippen LogP contribution >= 0.6 is 27.5 Å². The van der Waals surface area contributed by atoms with Crippen molar-refractivity contribution in [2.75, 3.05) is 25.0 Å². The van der Waals surface area contributed by atoms with Gasteiger partial charge in [-0.25, -0.2) is 4.98 Å². The smallest absolute Gasteiger partial charge is 0.143 e. The summed E-state index contributed by atoms with van der Waals surface area (Å²) in [6.07, 6.45) is 5.60. The highest BCUT2D eigenvalue weighted by Gasteiger charge is 2.23. The zero-order chi connectivity index (χ0) is 14.5. The van der Waals surface area contributed by atoms with Crippen LogP contribution in [0.1, 0.15) is 33.1 Å². The molecule has 0 aliphatic carbocycles. The van der Waals surface area contributed by atoms with E-state index in [0.29, 0.717) is 11.2 Å². The number of nitrogens with one attached hydrogen (secondary N) is 1. The van der Waals surface area contributed by atoms with E-state index in [0.717, 1.165) is 16.1 Å². The van der Waals surface area contributed by atoms with E-state index in [9.17, 15) is 0 Å². The molecule has 1 saturated heterocycles. The molecule has 20 heavy (non-hydrogen) atoms.